The number of rotatable bonds is 8. The predicted molar refractivity (Wildman–Crippen MR) is 136 cm³/mol. The summed E-state index contributed by atoms with van der Waals surface area (Å²) in [7, 11) is 1.81. The van der Waals surface area contributed by atoms with Crippen LogP contribution in [0.2, 0.25) is 0 Å². The summed E-state index contributed by atoms with van der Waals surface area (Å²) < 4.78 is 5.41. The molecule has 0 unspecified atom stereocenters. The summed E-state index contributed by atoms with van der Waals surface area (Å²) in [6, 6.07) is 19.2. The van der Waals surface area contributed by atoms with Crippen molar-refractivity contribution in [3.63, 3.8) is 0 Å². The molecule has 2 aliphatic rings. The topological polar surface area (TPSA) is 62.2 Å². The Balaban J connectivity index is 1.61. The van der Waals surface area contributed by atoms with Crippen LogP contribution >= 0.6 is 11.8 Å². The van der Waals surface area contributed by atoms with E-state index in [4.69, 9.17) is 4.74 Å². The number of ether oxygens (including phenoxy) is 1. The summed E-state index contributed by atoms with van der Waals surface area (Å²) in [6.07, 6.45) is 1.74. The predicted octanol–water partition coefficient (Wildman–Crippen LogP) is 5.04. The monoisotopic (exact) mass is 473 g/mol. The Hall–Kier alpha value is -3.58. The van der Waals surface area contributed by atoms with E-state index in [9.17, 15) is 9.59 Å². The van der Waals surface area contributed by atoms with Gasteiger partial charge in [-0.3, -0.25) is 4.79 Å². The molecule has 34 heavy (non-hydrogen) atoms. The fourth-order valence-corrected chi connectivity index (χ4v) is 4.99. The minimum atomic E-state index is -0.433. The van der Waals surface area contributed by atoms with Crippen LogP contribution in [0, 0.1) is 0 Å². The smallest absolute Gasteiger partial charge is 0.338 e. The zero-order valence-electron chi connectivity index (χ0n) is 19.3. The molecule has 2 heterocycles. The Morgan fingerprint density at radius 3 is 2.50 bits per heavy atom. The molecule has 0 radical (unpaired) electrons. The van der Waals surface area contributed by atoms with Crippen molar-refractivity contribution in [2.45, 2.75) is 25.9 Å². The number of nitrogens with zero attached hydrogens (tertiary/aromatic N) is 3. The Morgan fingerprint density at radius 1 is 1.15 bits per heavy atom. The minimum absolute atomic E-state index is 0.00850. The molecule has 1 amide bonds. The minimum Gasteiger partial charge on any atom is -0.458 e. The number of fused-ring (bicyclic) bond motifs is 1. The van der Waals surface area contributed by atoms with E-state index in [1.807, 2.05) is 77.9 Å². The van der Waals surface area contributed by atoms with Gasteiger partial charge in [-0.05, 0) is 23.5 Å². The quantitative estimate of drug-likeness (QED) is 0.397. The number of aliphatic imine (C=N–C) groups is 1. The number of hydrogen-bond donors (Lipinski definition) is 0. The van der Waals surface area contributed by atoms with Crippen molar-refractivity contribution < 1.29 is 14.3 Å². The summed E-state index contributed by atoms with van der Waals surface area (Å²) in [4.78, 5) is 34.6. The highest BCUT2D eigenvalue weighted by atomic mass is 32.2. The highest BCUT2D eigenvalue weighted by Crippen LogP contribution is 2.44. The van der Waals surface area contributed by atoms with Gasteiger partial charge in [0.2, 0.25) is 5.91 Å². The standard InChI is InChI=1S/C27H27N3O3S/c1-4-15-33-26(32)24-19(2)28-27-30(25(24)21-13-9-6-10-14-21)22(18-34-27)16-23(31)29(3)17-20-11-7-5-8-12-20/h4-14,18,25H,1,15-17H2,2-3H3/t25-/m1/s1. The van der Waals surface area contributed by atoms with Crippen LogP contribution in [-0.4, -0.2) is 40.5 Å². The second-order valence-corrected chi connectivity index (χ2v) is 8.94. The summed E-state index contributed by atoms with van der Waals surface area (Å²) in [6.45, 7) is 6.10. The van der Waals surface area contributed by atoms with Crippen LogP contribution in [0.1, 0.15) is 30.5 Å². The third kappa shape index (κ3) is 4.99. The number of allylic oxidation sites excluding steroid dienone is 1. The van der Waals surface area contributed by atoms with E-state index in [-0.39, 0.29) is 18.9 Å². The van der Waals surface area contributed by atoms with Crippen molar-refractivity contribution in [2.75, 3.05) is 13.7 Å². The highest BCUT2D eigenvalue weighted by Gasteiger charge is 2.41. The SMILES string of the molecule is C=CCOC(=O)C1=C(C)N=C2SC=C(CC(=O)N(C)Cc3ccccc3)N2[C@@H]1c1ccccc1. The van der Waals surface area contributed by atoms with Crippen molar-refractivity contribution >= 4 is 28.8 Å². The van der Waals surface area contributed by atoms with Gasteiger partial charge in [-0.15, -0.1) is 0 Å². The molecule has 0 aromatic heterocycles. The van der Waals surface area contributed by atoms with Crippen LogP contribution < -0.4 is 0 Å². The highest BCUT2D eigenvalue weighted by molar-refractivity contribution is 8.16. The van der Waals surface area contributed by atoms with Gasteiger partial charge in [0.15, 0.2) is 5.17 Å². The van der Waals surface area contributed by atoms with Gasteiger partial charge < -0.3 is 14.5 Å². The Bertz CT molecular complexity index is 1170. The van der Waals surface area contributed by atoms with Crippen LogP contribution in [0.3, 0.4) is 0 Å². The van der Waals surface area contributed by atoms with Gasteiger partial charge in [0.05, 0.1) is 23.7 Å². The van der Waals surface area contributed by atoms with Gasteiger partial charge in [-0.2, -0.15) is 0 Å². The molecule has 2 aromatic carbocycles. The van der Waals surface area contributed by atoms with E-state index in [1.165, 1.54) is 11.8 Å². The lowest BCUT2D eigenvalue weighted by Crippen LogP contribution is -2.38. The molecule has 0 aliphatic carbocycles. The molecule has 0 bridgehead atoms. The van der Waals surface area contributed by atoms with E-state index in [0.29, 0.717) is 17.8 Å². The Morgan fingerprint density at radius 2 is 1.82 bits per heavy atom. The summed E-state index contributed by atoms with van der Waals surface area (Å²) in [5.74, 6) is -0.441. The maximum Gasteiger partial charge on any atom is 0.338 e. The molecule has 0 fully saturated rings. The third-order valence-electron chi connectivity index (χ3n) is 5.69. The van der Waals surface area contributed by atoms with Gasteiger partial charge in [0.25, 0.3) is 0 Å². The van der Waals surface area contributed by atoms with Crippen LogP contribution in [0.25, 0.3) is 0 Å². The fraction of sp³-hybridized carbons (Fsp3) is 0.222. The number of amides is 1. The molecule has 0 spiro atoms. The average Bonchev–Trinajstić information content (AvgIpc) is 3.24. The molecule has 0 saturated carbocycles. The third-order valence-corrected chi connectivity index (χ3v) is 6.58. The molecule has 174 valence electrons. The number of benzene rings is 2. The van der Waals surface area contributed by atoms with Crippen LogP contribution in [0.5, 0.6) is 0 Å². The summed E-state index contributed by atoms with van der Waals surface area (Å²) in [5.41, 5.74) is 3.89. The number of carbonyl (C=O) groups excluding carboxylic acids is 2. The van der Waals surface area contributed by atoms with Gasteiger partial charge in [0, 0.05) is 19.3 Å². The average molecular weight is 474 g/mol. The maximum atomic E-state index is 13.1. The molecule has 1 atom stereocenters. The lowest BCUT2D eigenvalue weighted by molar-refractivity contribution is -0.138. The number of esters is 1. The van der Waals surface area contributed by atoms with Crippen LogP contribution in [-0.2, 0) is 20.9 Å². The van der Waals surface area contributed by atoms with Gasteiger partial charge in [0.1, 0.15) is 6.61 Å². The molecule has 2 aliphatic heterocycles. The first kappa shape index (κ1) is 23.6. The molecule has 2 aromatic rings. The fourth-order valence-electron chi connectivity index (χ4n) is 4.03. The van der Waals surface area contributed by atoms with Crippen molar-refractivity contribution in [2.24, 2.45) is 4.99 Å². The van der Waals surface area contributed by atoms with Crippen LogP contribution in [0.4, 0.5) is 0 Å². The Kier molecular flexibility index (Phi) is 7.33. The number of amidine groups is 1. The largest absolute Gasteiger partial charge is 0.458 e. The first-order chi connectivity index (χ1) is 16.5. The number of hydrogen-bond acceptors (Lipinski definition) is 6. The summed E-state index contributed by atoms with van der Waals surface area (Å²) >= 11 is 1.47. The van der Waals surface area contributed by atoms with Crippen molar-refractivity contribution in [3.8, 4) is 0 Å². The molecular weight excluding hydrogens is 446 g/mol. The molecule has 4 rings (SSSR count). The number of thioether (sulfide) groups is 1. The Labute approximate surface area is 204 Å². The van der Waals surface area contributed by atoms with E-state index in [0.717, 1.165) is 22.0 Å². The van der Waals surface area contributed by atoms with E-state index in [2.05, 4.69) is 11.6 Å². The van der Waals surface area contributed by atoms with Gasteiger partial charge in [-0.1, -0.05) is 85.1 Å². The summed E-state index contributed by atoms with van der Waals surface area (Å²) in [5, 5.41) is 2.70. The van der Waals surface area contributed by atoms with E-state index in [1.54, 1.807) is 18.0 Å². The normalized spacial score (nSPS) is 17.0. The van der Waals surface area contributed by atoms with Crippen molar-refractivity contribution in [1.29, 1.82) is 0 Å². The maximum absolute atomic E-state index is 13.1. The molecule has 0 saturated heterocycles. The van der Waals surface area contributed by atoms with Crippen molar-refractivity contribution in [1.82, 2.24) is 9.80 Å². The van der Waals surface area contributed by atoms with Crippen molar-refractivity contribution in [3.05, 3.63) is 107 Å². The second kappa shape index (κ2) is 10.6. The van der Waals surface area contributed by atoms with Crippen LogP contribution in [0.15, 0.2) is 101 Å². The van der Waals surface area contributed by atoms with E-state index < -0.39 is 12.0 Å². The first-order valence-corrected chi connectivity index (χ1v) is 11.9. The molecule has 0 N–H and O–H groups in total. The zero-order valence-corrected chi connectivity index (χ0v) is 20.1. The van der Waals surface area contributed by atoms with Gasteiger partial charge >= 0.3 is 5.97 Å². The lowest BCUT2D eigenvalue weighted by Gasteiger charge is -2.36. The first-order valence-electron chi connectivity index (χ1n) is 11.0. The van der Waals surface area contributed by atoms with E-state index >= 15 is 0 Å². The molecule has 7 heteroatoms. The number of carbonyl (C=O) groups is 2. The second-order valence-electron chi connectivity index (χ2n) is 8.10. The molecular formula is C27H27N3O3S. The van der Waals surface area contributed by atoms with Gasteiger partial charge in [-0.25, -0.2) is 9.79 Å². The lowest BCUT2D eigenvalue weighted by atomic mass is 9.94. The zero-order chi connectivity index (χ0) is 24.1. The molecule has 6 nitrogen and oxygen atoms in total.